The van der Waals surface area contributed by atoms with Crippen LogP contribution in [0.4, 0.5) is 4.79 Å². The fraction of sp³-hybridized carbons (Fsp3) is 0.273. The van der Waals surface area contributed by atoms with E-state index in [1.165, 1.54) is 4.90 Å². The average Bonchev–Trinajstić information content (AvgIpc) is 2.26. The second kappa shape index (κ2) is 5.16. The Labute approximate surface area is 93.7 Å². The Balaban J connectivity index is 2.96. The van der Waals surface area contributed by atoms with Crippen molar-refractivity contribution in [2.24, 2.45) is 0 Å². The Morgan fingerprint density at radius 3 is 2.25 bits per heavy atom. The van der Waals surface area contributed by atoms with Gasteiger partial charge in [-0.1, -0.05) is 30.3 Å². The summed E-state index contributed by atoms with van der Waals surface area (Å²) in [5.74, 6) is -0.298. The molecular formula is C11H14N2O3. The second-order valence-corrected chi connectivity index (χ2v) is 3.53. The van der Waals surface area contributed by atoms with Crippen LogP contribution in [0, 0.1) is 0 Å². The van der Waals surface area contributed by atoms with Crippen molar-refractivity contribution in [1.82, 2.24) is 10.2 Å². The lowest BCUT2D eigenvalue weighted by Crippen LogP contribution is -2.39. The van der Waals surface area contributed by atoms with Crippen LogP contribution in [0.2, 0.25) is 0 Å². The number of carboxylic acid groups (broad SMARTS) is 1. The Hall–Kier alpha value is -2.04. The summed E-state index contributed by atoms with van der Waals surface area (Å²) >= 11 is 0. The number of amides is 2. The summed E-state index contributed by atoms with van der Waals surface area (Å²) in [6.07, 6.45) is -1.22. The molecule has 0 spiro atoms. The fourth-order valence-electron chi connectivity index (χ4n) is 1.31. The van der Waals surface area contributed by atoms with E-state index in [1.807, 2.05) is 6.07 Å². The summed E-state index contributed by atoms with van der Waals surface area (Å²) in [7, 11) is 3.17. The number of carbonyl (C=O) groups excluding carboxylic acids is 1. The minimum Gasteiger partial charge on any atom is -0.465 e. The monoisotopic (exact) mass is 222 g/mol. The van der Waals surface area contributed by atoms with Gasteiger partial charge in [0.05, 0.1) is 0 Å². The van der Waals surface area contributed by atoms with Crippen LogP contribution in [-0.4, -0.2) is 36.1 Å². The van der Waals surface area contributed by atoms with Gasteiger partial charge in [-0.25, -0.2) is 4.79 Å². The van der Waals surface area contributed by atoms with E-state index in [2.05, 4.69) is 5.32 Å². The van der Waals surface area contributed by atoms with Crippen LogP contribution in [0.1, 0.15) is 11.6 Å². The van der Waals surface area contributed by atoms with Gasteiger partial charge >= 0.3 is 6.09 Å². The molecule has 0 aliphatic heterocycles. The van der Waals surface area contributed by atoms with Crippen molar-refractivity contribution in [3.05, 3.63) is 35.9 Å². The molecule has 1 rings (SSSR count). The molecular weight excluding hydrogens is 208 g/mol. The van der Waals surface area contributed by atoms with E-state index < -0.39 is 12.1 Å². The summed E-state index contributed by atoms with van der Waals surface area (Å²) in [4.78, 5) is 23.8. The first-order valence-corrected chi connectivity index (χ1v) is 4.78. The first-order valence-electron chi connectivity index (χ1n) is 4.78. The number of rotatable bonds is 3. The van der Waals surface area contributed by atoms with E-state index in [-0.39, 0.29) is 5.91 Å². The predicted octanol–water partition coefficient (Wildman–Crippen LogP) is 1.08. The van der Waals surface area contributed by atoms with E-state index in [1.54, 1.807) is 38.4 Å². The van der Waals surface area contributed by atoms with Gasteiger partial charge in [0.15, 0.2) is 0 Å². The Kier molecular flexibility index (Phi) is 3.88. The van der Waals surface area contributed by atoms with Gasteiger partial charge < -0.3 is 15.3 Å². The van der Waals surface area contributed by atoms with Crippen molar-refractivity contribution in [1.29, 1.82) is 0 Å². The molecule has 1 aromatic rings. The summed E-state index contributed by atoms with van der Waals surface area (Å²) in [6.45, 7) is 0. The molecule has 5 heteroatoms. The molecule has 16 heavy (non-hydrogen) atoms. The number of nitrogens with zero attached hydrogens (tertiary/aromatic N) is 1. The third kappa shape index (κ3) is 2.98. The van der Waals surface area contributed by atoms with E-state index >= 15 is 0 Å². The largest absolute Gasteiger partial charge is 0.465 e. The number of hydrogen-bond donors (Lipinski definition) is 2. The summed E-state index contributed by atoms with van der Waals surface area (Å²) in [5.41, 5.74) is 0.628. The lowest BCUT2D eigenvalue weighted by atomic mass is 10.1. The molecule has 0 aliphatic carbocycles. The fourth-order valence-corrected chi connectivity index (χ4v) is 1.31. The van der Waals surface area contributed by atoms with Crippen molar-refractivity contribution in [3.8, 4) is 0 Å². The molecule has 0 heterocycles. The van der Waals surface area contributed by atoms with Crippen molar-refractivity contribution >= 4 is 12.0 Å². The van der Waals surface area contributed by atoms with Gasteiger partial charge in [0, 0.05) is 14.1 Å². The molecule has 86 valence electrons. The van der Waals surface area contributed by atoms with Gasteiger partial charge in [0.25, 0.3) is 0 Å². The third-order valence-electron chi connectivity index (χ3n) is 2.09. The number of hydrogen-bond acceptors (Lipinski definition) is 2. The highest BCUT2D eigenvalue weighted by atomic mass is 16.4. The second-order valence-electron chi connectivity index (χ2n) is 3.53. The number of nitrogens with one attached hydrogen (secondary N) is 1. The van der Waals surface area contributed by atoms with Crippen LogP contribution in [0.5, 0.6) is 0 Å². The standard InChI is InChI=1S/C11H14N2O3/c1-13(2)10(14)9(12-11(15)16)8-6-4-3-5-7-8/h3-7,9,12H,1-2H3,(H,15,16)/t9-/m0/s1. The highest BCUT2D eigenvalue weighted by Crippen LogP contribution is 2.14. The normalized spacial score (nSPS) is 11.6. The maximum Gasteiger partial charge on any atom is 0.405 e. The van der Waals surface area contributed by atoms with Crippen LogP contribution in [0.15, 0.2) is 30.3 Å². The van der Waals surface area contributed by atoms with Gasteiger partial charge in [-0.3, -0.25) is 4.79 Å². The number of carbonyl (C=O) groups is 2. The zero-order valence-corrected chi connectivity index (χ0v) is 9.18. The Morgan fingerprint density at radius 1 is 1.25 bits per heavy atom. The van der Waals surface area contributed by atoms with Crippen molar-refractivity contribution < 1.29 is 14.7 Å². The zero-order valence-electron chi connectivity index (χ0n) is 9.18. The minimum atomic E-state index is -1.22. The quantitative estimate of drug-likeness (QED) is 0.804. The van der Waals surface area contributed by atoms with Gasteiger partial charge in [-0.15, -0.1) is 0 Å². The van der Waals surface area contributed by atoms with Gasteiger partial charge in [0.2, 0.25) is 5.91 Å². The zero-order chi connectivity index (χ0) is 12.1. The van der Waals surface area contributed by atoms with Crippen molar-refractivity contribution in [2.45, 2.75) is 6.04 Å². The first kappa shape index (κ1) is 12.0. The van der Waals surface area contributed by atoms with E-state index in [9.17, 15) is 9.59 Å². The Morgan fingerprint density at radius 2 is 1.81 bits per heavy atom. The molecule has 0 fully saturated rings. The van der Waals surface area contributed by atoms with E-state index in [4.69, 9.17) is 5.11 Å². The third-order valence-corrected chi connectivity index (χ3v) is 2.09. The van der Waals surface area contributed by atoms with Crippen molar-refractivity contribution in [2.75, 3.05) is 14.1 Å². The molecule has 0 aliphatic rings. The molecule has 0 aromatic heterocycles. The first-order chi connectivity index (χ1) is 7.52. The summed E-state index contributed by atoms with van der Waals surface area (Å²) in [5, 5.41) is 10.9. The lowest BCUT2D eigenvalue weighted by molar-refractivity contribution is -0.130. The molecule has 5 nitrogen and oxygen atoms in total. The SMILES string of the molecule is CN(C)C(=O)[C@@H](NC(=O)O)c1ccccc1. The molecule has 0 saturated carbocycles. The minimum absolute atomic E-state index is 0.298. The smallest absolute Gasteiger partial charge is 0.405 e. The highest BCUT2D eigenvalue weighted by Gasteiger charge is 2.23. The summed E-state index contributed by atoms with van der Waals surface area (Å²) < 4.78 is 0. The summed E-state index contributed by atoms with van der Waals surface area (Å²) in [6, 6.07) is 7.89. The van der Waals surface area contributed by atoms with Crippen LogP contribution < -0.4 is 5.32 Å². The Bertz CT molecular complexity index is 376. The molecule has 0 unspecified atom stereocenters. The highest BCUT2D eigenvalue weighted by molar-refractivity contribution is 5.86. The van der Waals surface area contributed by atoms with Crippen LogP contribution in [0.3, 0.4) is 0 Å². The van der Waals surface area contributed by atoms with Crippen molar-refractivity contribution in [3.63, 3.8) is 0 Å². The van der Waals surface area contributed by atoms with Crippen LogP contribution >= 0.6 is 0 Å². The molecule has 0 radical (unpaired) electrons. The molecule has 1 atom stereocenters. The number of likely N-dealkylation sites (N-methyl/N-ethyl adjacent to an activating group) is 1. The van der Waals surface area contributed by atoms with Crippen LogP contribution in [0.25, 0.3) is 0 Å². The molecule has 2 N–H and O–H groups in total. The maximum absolute atomic E-state index is 11.8. The molecule has 1 aromatic carbocycles. The maximum atomic E-state index is 11.8. The van der Waals surface area contributed by atoms with E-state index in [0.717, 1.165) is 0 Å². The predicted molar refractivity (Wildman–Crippen MR) is 59.0 cm³/mol. The molecule has 2 amide bonds. The van der Waals surface area contributed by atoms with Gasteiger partial charge in [-0.05, 0) is 5.56 Å². The van der Waals surface area contributed by atoms with Gasteiger partial charge in [0.1, 0.15) is 6.04 Å². The molecule has 0 bridgehead atoms. The molecule has 0 saturated heterocycles. The van der Waals surface area contributed by atoms with Gasteiger partial charge in [-0.2, -0.15) is 0 Å². The lowest BCUT2D eigenvalue weighted by Gasteiger charge is -2.20. The number of benzene rings is 1. The average molecular weight is 222 g/mol. The topological polar surface area (TPSA) is 69.6 Å². The van der Waals surface area contributed by atoms with E-state index in [0.29, 0.717) is 5.56 Å². The van der Waals surface area contributed by atoms with Crippen LogP contribution in [-0.2, 0) is 4.79 Å².